The van der Waals surface area contributed by atoms with Crippen LogP contribution >= 0.6 is 0 Å². The van der Waals surface area contributed by atoms with E-state index < -0.39 is 0 Å². The third kappa shape index (κ3) is 13.7. The van der Waals surface area contributed by atoms with Crippen LogP contribution in [0.2, 0.25) is 0 Å². The van der Waals surface area contributed by atoms with E-state index in [0.29, 0.717) is 6.42 Å². The summed E-state index contributed by atoms with van der Waals surface area (Å²) in [6.45, 7) is 2.53. The number of nitrogens with zero attached hydrogens (tertiary/aromatic N) is 2. The van der Waals surface area contributed by atoms with Crippen LogP contribution in [0.1, 0.15) is 96.8 Å². The first-order chi connectivity index (χ1) is 12.8. The van der Waals surface area contributed by atoms with Crippen LogP contribution in [0.5, 0.6) is 0 Å². The summed E-state index contributed by atoms with van der Waals surface area (Å²) in [6, 6.07) is 0. The summed E-state index contributed by atoms with van der Waals surface area (Å²) in [5.74, 6) is -0.115. The number of carbonyl (C=O) groups is 1. The molecule has 1 rings (SSSR count). The van der Waals surface area contributed by atoms with Crippen molar-refractivity contribution in [1.29, 1.82) is 0 Å². The molecule has 0 aliphatic rings. The van der Waals surface area contributed by atoms with E-state index in [1.54, 1.807) is 23.3 Å². The molecular weight excluding hydrogens is 324 g/mol. The number of carbonyl (C=O) groups excluding carboxylic acids is 1. The molecule has 0 N–H and O–H groups in total. The summed E-state index contributed by atoms with van der Waals surface area (Å²) in [5.41, 5.74) is 0. The zero-order valence-electron chi connectivity index (χ0n) is 16.7. The van der Waals surface area contributed by atoms with Gasteiger partial charge in [-0.2, -0.15) is 0 Å². The van der Waals surface area contributed by atoms with Crippen molar-refractivity contribution >= 4 is 5.97 Å². The SMILES string of the molecule is CCCCCCCC/C=C\CCCCCCCC(=O)OCn1ccnc1. The highest BCUT2D eigenvalue weighted by Crippen LogP contribution is 2.10. The van der Waals surface area contributed by atoms with E-state index in [1.807, 2.05) is 0 Å². The van der Waals surface area contributed by atoms with Gasteiger partial charge in [-0.15, -0.1) is 0 Å². The van der Waals surface area contributed by atoms with Crippen molar-refractivity contribution in [3.63, 3.8) is 0 Å². The Labute approximate surface area is 160 Å². The number of hydrogen-bond donors (Lipinski definition) is 0. The first kappa shape index (κ1) is 22.5. The summed E-state index contributed by atoms with van der Waals surface area (Å²) in [5, 5.41) is 0. The maximum Gasteiger partial charge on any atom is 0.307 e. The zero-order chi connectivity index (χ0) is 18.7. The third-order valence-corrected chi connectivity index (χ3v) is 4.58. The third-order valence-electron chi connectivity index (χ3n) is 4.58. The van der Waals surface area contributed by atoms with Gasteiger partial charge < -0.3 is 9.30 Å². The number of esters is 1. The van der Waals surface area contributed by atoms with Gasteiger partial charge >= 0.3 is 5.97 Å². The molecular formula is C22H38N2O2. The molecule has 1 aromatic rings. The molecule has 0 atom stereocenters. The Balaban J connectivity index is 1.78. The molecule has 0 fully saturated rings. The highest BCUT2D eigenvalue weighted by atomic mass is 16.5. The minimum atomic E-state index is -0.115. The molecule has 0 unspecified atom stereocenters. The molecule has 0 saturated carbocycles. The van der Waals surface area contributed by atoms with Gasteiger partial charge in [-0.1, -0.05) is 70.4 Å². The van der Waals surface area contributed by atoms with Crippen LogP contribution in [0.15, 0.2) is 30.9 Å². The number of aromatic nitrogens is 2. The van der Waals surface area contributed by atoms with E-state index in [4.69, 9.17) is 4.74 Å². The van der Waals surface area contributed by atoms with E-state index in [0.717, 1.165) is 12.8 Å². The Morgan fingerprint density at radius 3 is 2.15 bits per heavy atom. The summed E-state index contributed by atoms with van der Waals surface area (Å²) in [4.78, 5) is 15.5. The highest BCUT2D eigenvalue weighted by Gasteiger charge is 2.02. The molecule has 0 radical (unpaired) electrons. The van der Waals surface area contributed by atoms with Gasteiger partial charge in [-0.25, -0.2) is 4.98 Å². The lowest BCUT2D eigenvalue weighted by atomic mass is 10.1. The van der Waals surface area contributed by atoms with Crippen LogP contribution in [0.4, 0.5) is 0 Å². The van der Waals surface area contributed by atoms with E-state index in [-0.39, 0.29) is 12.7 Å². The molecule has 0 amide bonds. The molecule has 0 aliphatic heterocycles. The summed E-state index contributed by atoms with van der Waals surface area (Å²) >= 11 is 0. The fraction of sp³-hybridized carbons (Fsp3) is 0.727. The zero-order valence-corrected chi connectivity index (χ0v) is 16.7. The average molecular weight is 363 g/mol. The molecule has 4 nitrogen and oxygen atoms in total. The quantitative estimate of drug-likeness (QED) is 0.182. The maximum atomic E-state index is 11.6. The van der Waals surface area contributed by atoms with Gasteiger partial charge in [0, 0.05) is 18.8 Å². The molecule has 4 heteroatoms. The van der Waals surface area contributed by atoms with Gasteiger partial charge in [0.05, 0.1) is 6.33 Å². The maximum absolute atomic E-state index is 11.6. The number of unbranched alkanes of at least 4 members (excludes halogenated alkanes) is 11. The first-order valence-electron chi connectivity index (χ1n) is 10.6. The number of imidazole rings is 1. The fourth-order valence-electron chi connectivity index (χ4n) is 2.92. The van der Waals surface area contributed by atoms with Gasteiger partial charge in [0.2, 0.25) is 0 Å². The second-order valence-electron chi connectivity index (χ2n) is 7.06. The molecule has 0 saturated heterocycles. The molecule has 0 aromatic carbocycles. The van der Waals surface area contributed by atoms with Crippen LogP contribution in [-0.4, -0.2) is 15.5 Å². The van der Waals surface area contributed by atoms with E-state index in [2.05, 4.69) is 24.1 Å². The van der Waals surface area contributed by atoms with Crippen LogP contribution < -0.4 is 0 Å². The molecule has 0 aliphatic carbocycles. The Morgan fingerprint density at radius 1 is 0.923 bits per heavy atom. The van der Waals surface area contributed by atoms with E-state index in [1.165, 1.54) is 70.6 Å². The minimum absolute atomic E-state index is 0.115. The lowest BCUT2D eigenvalue weighted by Crippen LogP contribution is -2.07. The largest absolute Gasteiger partial charge is 0.444 e. The van der Waals surface area contributed by atoms with E-state index >= 15 is 0 Å². The first-order valence-corrected chi connectivity index (χ1v) is 10.6. The van der Waals surface area contributed by atoms with Gasteiger partial charge in [-0.3, -0.25) is 4.79 Å². The topological polar surface area (TPSA) is 44.1 Å². The van der Waals surface area contributed by atoms with Crippen molar-refractivity contribution < 1.29 is 9.53 Å². The molecule has 1 aromatic heterocycles. The normalized spacial score (nSPS) is 11.3. The molecule has 0 bridgehead atoms. The Bertz CT molecular complexity index is 455. The van der Waals surface area contributed by atoms with Crippen LogP contribution in [0.3, 0.4) is 0 Å². The molecule has 0 spiro atoms. The van der Waals surface area contributed by atoms with Crippen molar-refractivity contribution in [3.8, 4) is 0 Å². The van der Waals surface area contributed by atoms with Gasteiger partial charge in [-0.05, 0) is 32.1 Å². The molecule has 26 heavy (non-hydrogen) atoms. The van der Waals surface area contributed by atoms with Gasteiger partial charge in [0.15, 0.2) is 6.73 Å². The number of hydrogen-bond acceptors (Lipinski definition) is 3. The summed E-state index contributed by atoms with van der Waals surface area (Å²) < 4.78 is 6.93. The second-order valence-corrected chi connectivity index (χ2v) is 7.06. The van der Waals surface area contributed by atoms with Crippen molar-refractivity contribution in [2.45, 2.75) is 104 Å². The van der Waals surface area contributed by atoms with Crippen molar-refractivity contribution in [3.05, 3.63) is 30.9 Å². The minimum Gasteiger partial charge on any atom is -0.444 e. The second kappa shape index (κ2) is 16.9. The van der Waals surface area contributed by atoms with Gasteiger partial charge in [0.1, 0.15) is 0 Å². The lowest BCUT2D eigenvalue weighted by Gasteiger charge is -2.05. The fourth-order valence-corrected chi connectivity index (χ4v) is 2.92. The average Bonchev–Trinajstić information content (AvgIpc) is 3.17. The van der Waals surface area contributed by atoms with Crippen LogP contribution in [0.25, 0.3) is 0 Å². The molecule has 1 heterocycles. The van der Waals surface area contributed by atoms with Gasteiger partial charge in [0.25, 0.3) is 0 Å². The van der Waals surface area contributed by atoms with Crippen LogP contribution in [-0.2, 0) is 16.3 Å². The van der Waals surface area contributed by atoms with Crippen LogP contribution in [0, 0.1) is 0 Å². The smallest absolute Gasteiger partial charge is 0.307 e. The van der Waals surface area contributed by atoms with E-state index in [9.17, 15) is 4.79 Å². The standard InChI is InChI=1S/C22H38N2O2/c1-2-3-4-5-6-7-8-9-10-11-12-13-14-15-16-17-22(25)26-21-24-19-18-23-20-24/h9-10,18-20H,2-8,11-17,21H2,1H3/b10-9-. The predicted octanol–water partition coefficient (Wildman–Crippen LogP) is 6.42. The Hall–Kier alpha value is -1.58. The molecule has 148 valence electrons. The number of rotatable bonds is 17. The highest BCUT2D eigenvalue weighted by molar-refractivity contribution is 5.69. The monoisotopic (exact) mass is 362 g/mol. The lowest BCUT2D eigenvalue weighted by molar-refractivity contribution is -0.147. The summed E-state index contributed by atoms with van der Waals surface area (Å²) in [7, 11) is 0. The van der Waals surface area contributed by atoms with Crippen molar-refractivity contribution in [2.75, 3.05) is 0 Å². The van der Waals surface area contributed by atoms with Crippen molar-refractivity contribution in [1.82, 2.24) is 9.55 Å². The predicted molar refractivity (Wildman–Crippen MR) is 108 cm³/mol. The Morgan fingerprint density at radius 2 is 1.54 bits per heavy atom. The van der Waals surface area contributed by atoms with Crippen molar-refractivity contribution in [2.24, 2.45) is 0 Å². The number of allylic oxidation sites excluding steroid dienone is 2. The Kier molecular flexibility index (Phi) is 14.6. The number of ether oxygens (including phenoxy) is 1. The summed E-state index contributed by atoms with van der Waals surface area (Å²) in [6.07, 6.45) is 26.8.